The molecule has 2 saturated heterocycles. The molecule has 0 spiro atoms. The van der Waals surface area contributed by atoms with E-state index in [-0.39, 0.29) is 6.10 Å². The molecule has 2 rings (SSSR count). The highest BCUT2D eigenvalue weighted by Crippen LogP contribution is 2.22. The molecule has 0 aromatic heterocycles. The van der Waals surface area contributed by atoms with E-state index >= 15 is 0 Å². The lowest BCUT2D eigenvalue weighted by Gasteiger charge is -2.14. The second kappa shape index (κ2) is 2.86. The van der Waals surface area contributed by atoms with Gasteiger partial charge < -0.3 is 9.47 Å². The minimum Gasteiger partial charge on any atom is -0.374 e. The molecule has 2 fully saturated rings. The van der Waals surface area contributed by atoms with Crippen LogP contribution in [0.4, 0.5) is 0 Å². The molecule has 57 valence electrons. The second-order valence-corrected chi connectivity index (χ2v) is 2.64. The van der Waals surface area contributed by atoms with Crippen LogP contribution in [0.1, 0.15) is 12.8 Å². The van der Waals surface area contributed by atoms with Crippen molar-refractivity contribution in [2.24, 2.45) is 0 Å². The first-order chi connectivity index (χ1) is 4.97. The molecule has 1 N–H and O–H groups in total. The molecular formula is C7H12NO2. The Morgan fingerprint density at radius 3 is 3.00 bits per heavy atom. The molecule has 1 radical (unpaired) electrons. The van der Waals surface area contributed by atoms with Crippen LogP contribution in [0.25, 0.3) is 0 Å². The number of rotatable bonds is 1. The standard InChI is InChI=1S/C7H12NO2/c1-2-6(9-4-1)7-8-3-5-10-7/h6,8H,1-5H2. The van der Waals surface area contributed by atoms with Crippen molar-refractivity contribution in [2.75, 3.05) is 19.8 Å². The summed E-state index contributed by atoms with van der Waals surface area (Å²) in [5.74, 6) is 0. The summed E-state index contributed by atoms with van der Waals surface area (Å²) in [4.78, 5) is 0. The number of ether oxygens (including phenoxy) is 2. The van der Waals surface area contributed by atoms with Crippen LogP contribution in [-0.2, 0) is 9.47 Å². The van der Waals surface area contributed by atoms with E-state index in [1.165, 1.54) is 6.42 Å². The third-order valence-corrected chi connectivity index (χ3v) is 1.88. The summed E-state index contributed by atoms with van der Waals surface area (Å²) in [7, 11) is 0. The minimum absolute atomic E-state index is 0.238. The van der Waals surface area contributed by atoms with E-state index in [0.717, 1.165) is 32.4 Å². The molecule has 0 aromatic carbocycles. The molecule has 10 heavy (non-hydrogen) atoms. The van der Waals surface area contributed by atoms with Crippen LogP contribution in [0.2, 0.25) is 0 Å². The van der Waals surface area contributed by atoms with Crippen LogP contribution in [0.3, 0.4) is 0 Å². The Labute approximate surface area is 60.7 Å². The Hall–Kier alpha value is -0.120. The molecule has 2 aliphatic heterocycles. The largest absolute Gasteiger partial charge is 0.374 e. The van der Waals surface area contributed by atoms with E-state index in [9.17, 15) is 0 Å². The third-order valence-electron chi connectivity index (χ3n) is 1.88. The van der Waals surface area contributed by atoms with E-state index < -0.39 is 0 Å². The summed E-state index contributed by atoms with van der Waals surface area (Å²) in [6.45, 7) is 2.63. The molecular weight excluding hydrogens is 130 g/mol. The van der Waals surface area contributed by atoms with Crippen LogP contribution in [0.5, 0.6) is 0 Å². The second-order valence-electron chi connectivity index (χ2n) is 2.64. The molecule has 0 saturated carbocycles. The van der Waals surface area contributed by atoms with Crippen molar-refractivity contribution in [2.45, 2.75) is 18.9 Å². The Balaban J connectivity index is 1.85. The van der Waals surface area contributed by atoms with Crippen LogP contribution >= 0.6 is 0 Å². The maximum Gasteiger partial charge on any atom is 0.191 e. The van der Waals surface area contributed by atoms with E-state index in [1.54, 1.807) is 0 Å². The highest BCUT2D eigenvalue weighted by atomic mass is 16.6. The number of hydrogen-bond acceptors (Lipinski definition) is 3. The maximum absolute atomic E-state index is 5.41. The first-order valence-corrected chi connectivity index (χ1v) is 3.82. The molecule has 3 nitrogen and oxygen atoms in total. The highest BCUT2D eigenvalue weighted by molar-refractivity contribution is 4.91. The predicted molar refractivity (Wildman–Crippen MR) is 36.2 cm³/mol. The lowest BCUT2D eigenvalue weighted by Crippen LogP contribution is -2.26. The first kappa shape index (κ1) is 6.58. The van der Waals surface area contributed by atoms with Gasteiger partial charge in [0.05, 0.1) is 6.61 Å². The van der Waals surface area contributed by atoms with Crippen LogP contribution in [-0.4, -0.2) is 25.9 Å². The topological polar surface area (TPSA) is 30.5 Å². The van der Waals surface area contributed by atoms with Gasteiger partial charge in [0.2, 0.25) is 0 Å². The van der Waals surface area contributed by atoms with Crippen molar-refractivity contribution < 1.29 is 9.47 Å². The average Bonchev–Trinajstić information content (AvgIpc) is 2.59. The van der Waals surface area contributed by atoms with Crippen molar-refractivity contribution >= 4 is 0 Å². The van der Waals surface area contributed by atoms with Gasteiger partial charge in [-0.3, -0.25) is 5.32 Å². The van der Waals surface area contributed by atoms with Crippen LogP contribution in [0, 0.1) is 6.23 Å². The zero-order chi connectivity index (χ0) is 6.81. The molecule has 0 bridgehead atoms. The van der Waals surface area contributed by atoms with E-state index in [0.29, 0.717) is 0 Å². The zero-order valence-corrected chi connectivity index (χ0v) is 5.93. The SMILES string of the molecule is C1COC([C]2NCCO2)C1. The lowest BCUT2D eigenvalue weighted by molar-refractivity contribution is 0.0399. The van der Waals surface area contributed by atoms with Gasteiger partial charge in [0, 0.05) is 13.2 Å². The fourth-order valence-electron chi connectivity index (χ4n) is 1.38. The normalized spacial score (nSPS) is 35.4. The Morgan fingerprint density at radius 1 is 1.40 bits per heavy atom. The molecule has 3 heteroatoms. The fourth-order valence-corrected chi connectivity index (χ4v) is 1.38. The summed E-state index contributed by atoms with van der Waals surface area (Å²) >= 11 is 0. The van der Waals surface area contributed by atoms with Gasteiger partial charge in [0.1, 0.15) is 6.10 Å². The zero-order valence-electron chi connectivity index (χ0n) is 5.93. The molecule has 1 atom stereocenters. The third kappa shape index (κ3) is 1.17. The van der Waals surface area contributed by atoms with Gasteiger partial charge in [-0.25, -0.2) is 0 Å². The van der Waals surface area contributed by atoms with Gasteiger partial charge >= 0.3 is 0 Å². The predicted octanol–water partition coefficient (Wildman–Crippen LogP) is 0.275. The van der Waals surface area contributed by atoms with Crippen molar-refractivity contribution in [1.82, 2.24) is 5.32 Å². The van der Waals surface area contributed by atoms with E-state index in [4.69, 9.17) is 9.47 Å². The first-order valence-electron chi connectivity index (χ1n) is 3.82. The molecule has 0 aliphatic carbocycles. The summed E-state index contributed by atoms with van der Waals surface area (Å²) in [5, 5.41) is 3.17. The quantitative estimate of drug-likeness (QED) is 0.570. The summed E-state index contributed by atoms with van der Waals surface area (Å²) in [5.41, 5.74) is 0. The van der Waals surface area contributed by atoms with Crippen LogP contribution < -0.4 is 5.32 Å². The van der Waals surface area contributed by atoms with Crippen molar-refractivity contribution in [3.05, 3.63) is 6.23 Å². The minimum atomic E-state index is 0.238. The monoisotopic (exact) mass is 142 g/mol. The van der Waals surface area contributed by atoms with E-state index in [2.05, 4.69) is 5.32 Å². The van der Waals surface area contributed by atoms with Crippen molar-refractivity contribution in [1.29, 1.82) is 0 Å². The number of nitrogens with one attached hydrogen (secondary N) is 1. The molecule has 1 unspecified atom stereocenters. The molecule has 2 heterocycles. The Morgan fingerprint density at radius 2 is 2.40 bits per heavy atom. The van der Waals surface area contributed by atoms with Crippen molar-refractivity contribution in [3.8, 4) is 0 Å². The van der Waals surface area contributed by atoms with Crippen molar-refractivity contribution in [3.63, 3.8) is 0 Å². The molecule has 2 aliphatic rings. The Kier molecular flexibility index (Phi) is 1.88. The van der Waals surface area contributed by atoms with Gasteiger partial charge in [-0.15, -0.1) is 0 Å². The van der Waals surface area contributed by atoms with E-state index in [1.807, 2.05) is 0 Å². The Bertz CT molecular complexity index is 92.2. The maximum atomic E-state index is 5.41. The fraction of sp³-hybridized carbons (Fsp3) is 0.857. The highest BCUT2D eigenvalue weighted by Gasteiger charge is 2.30. The smallest absolute Gasteiger partial charge is 0.191 e. The molecule has 0 aromatic rings. The number of hydrogen-bond donors (Lipinski definition) is 1. The van der Waals surface area contributed by atoms with Gasteiger partial charge in [0.15, 0.2) is 6.23 Å². The van der Waals surface area contributed by atoms with Gasteiger partial charge in [0.25, 0.3) is 0 Å². The summed E-state index contributed by atoms with van der Waals surface area (Å²) < 4.78 is 10.7. The van der Waals surface area contributed by atoms with Gasteiger partial charge in [-0.05, 0) is 12.8 Å². The van der Waals surface area contributed by atoms with Gasteiger partial charge in [-0.2, -0.15) is 0 Å². The molecule has 0 amide bonds. The summed E-state index contributed by atoms with van der Waals surface area (Å²) in [6, 6.07) is 0. The summed E-state index contributed by atoms with van der Waals surface area (Å²) in [6.07, 6.45) is 3.47. The average molecular weight is 142 g/mol. The van der Waals surface area contributed by atoms with Crippen LogP contribution in [0.15, 0.2) is 0 Å². The van der Waals surface area contributed by atoms with Gasteiger partial charge in [-0.1, -0.05) is 0 Å². The lowest BCUT2D eigenvalue weighted by atomic mass is 10.2.